The summed E-state index contributed by atoms with van der Waals surface area (Å²) in [4.78, 5) is 16.3. The number of benzene rings is 1. The quantitative estimate of drug-likeness (QED) is 0.600. The highest BCUT2D eigenvalue weighted by atomic mass is 16.3. The highest BCUT2D eigenvalue weighted by molar-refractivity contribution is 5.74. The van der Waals surface area contributed by atoms with E-state index < -0.39 is 0 Å². The van der Waals surface area contributed by atoms with E-state index in [1.807, 2.05) is 23.1 Å². The molecule has 2 saturated heterocycles. The molecule has 2 aliphatic heterocycles. The molecule has 2 aliphatic rings. The maximum absolute atomic E-state index is 12.3. The number of urea groups is 1. The fraction of sp³-hybridized carbons (Fsp3) is 0.611. The molecule has 2 heterocycles. The van der Waals surface area contributed by atoms with Crippen LogP contribution in [-0.4, -0.2) is 61.3 Å². The lowest BCUT2D eigenvalue weighted by atomic mass is 9.98. The zero-order chi connectivity index (χ0) is 17.6. The Balaban J connectivity index is 1.36. The molecule has 0 aliphatic carbocycles. The Morgan fingerprint density at radius 2 is 2.04 bits per heavy atom. The second kappa shape index (κ2) is 8.40. The smallest absolute Gasteiger partial charge is 0.317 e. The van der Waals surface area contributed by atoms with Crippen molar-refractivity contribution in [3.8, 4) is 5.75 Å². The summed E-state index contributed by atoms with van der Waals surface area (Å²) in [5, 5.41) is 13.0. The fourth-order valence-corrected chi connectivity index (χ4v) is 3.55. The molecule has 2 amide bonds. The number of amides is 2. The summed E-state index contributed by atoms with van der Waals surface area (Å²) in [6, 6.07) is 7.88. The van der Waals surface area contributed by atoms with Gasteiger partial charge in [0.2, 0.25) is 0 Å². The van der Waals surface area contributed by atoms with Gasteiger partial charge >= 0.3 is 6.03 Å². The molecule has 7 nitrogen and oxygen atoms in total. The summed E-state index contributed by atoms with van der Waals surface area (Å²) in [5.41, 5.74) is 7.24. The average Bonchev–Trinajstić information content (AvgIpc) is 3.04. The highest BCUT2D eigenvalue weighted by Crippen LogP contribution is 2.27. The van der Waals surface area contributed by atoms with Gasteiger partial charge < -0.3 is 20.2 Å². The number of rotatable bonds is 5. The number of aromatic hydroxyl groups is 1. The van der Waals surface area contributed by atoms with Crippen LogP contribution in [0.1, 0.15) is 19.8 Å². The first-order valence-corrected chi connectivity index (χ1v) is 9.19. The van der Waals surface area contributed by atoms with Gasteiger partial charge in [0.15, 0.2) is 0 Å². The van der Waals surface area contributed by atoms with Crippen molar-refractivity contribution >= 4 is 11.7 Å². The first kappa shape index (κ1) is 17.8. The number of carbonyl (C=O) groups is 1. The van der Waals surface area contributed by atoms with Crippen molar-refractivity contribution in [2.45, 2.75) is 25.8 Å². The molecule has 0 spiro atoms. The Hall–Kier alpha value is -1.99. The molecular weight excluding hydrogens is 318 g/mol. The first-order chi connectivity index (χ1) is 12.1. The lowest BCUT2D eigenvalue weighted by Crippen LogP contribution is -2.52. The molecule has 138 valence electrons. The van der Waals surface area contributed by atoms with Gasteiger partial charge in [-0.3, -0.25) is 10.9 Å². The highest BCUT2D eigenvalue weighted by Gasteiger charge is 2.23. The van der Waals surface area contributed by atoms with Gasteiger partial charge in [0.05, 0.1) is 5.69 Å². The van der Waals surface area contributed by atoms with Crippen molar-refractivity contribution in [3.63, 3.8) is 0 Å². The number of anilines is 1. The van der Waals surface area contributed by atoms with Gasteiger partial charge in [-0.05, 0) is 37.8 Å². The summed E-state index contributed by atoms with van der Waals surface area (Å²) in [6.07, 6.45) is 2.12. The van der Waals surface area contributed by atoms with Crippen LogP contribution >= 0.6 is 0 Å². The summed E-state index contributed by atoms with van der Waals surface area (Å²) in [5.74, 6) is 0.935. The second-order valence-electron chi connectivity index (χ2n) is 6.91. The Labute approximate surface area is 149 Å². The molecule has 2 fully saturated rings. The van der Waals surface area contributed by atoms with Crippen LogP contribution in [-0.2, 0) is 0 Å². The second-order valence-corrected chi connectivity index (χ2v) is 6.91. The van der Waals surface area contributed by atoms with E-state index in [-0.39, 0.29) is 6.03 Å². The summed E-state index contributed by atoms with van der Waals surface area (Å²) in [6.45, 7) is 6.74. The zero-order valence-electron chi connectivity index (χ0n) is 14.9. The van der Waals surface area contributed by atoms with E-state index in [0.29, 0.717) is 30.8 Å². The first-order valence-electron chi connectivity index (χ1n) is 9.19. The van der Waals surface area contributed by atoms with E-state index in [2.05, 4.69) is 28.0 Å². The van der Waals surface area contributed by atoms with Crippen molar-refractivity contribution in [2.24, 2.45) is 5.92 Å². The van der Waals surface area contributed by atoms with E-state index >= 15 is 0 Å². The Morgan fingerprint density at radius 3 is 2.72 bits per heavy atom. The molecule has 0 radical (unpaired) electrons. The average molecular weight is 347 g/mol. The molecule has 7 heteroatoms. The predicted molar refractivity (Wildman–Crippen MR) is 98.6 cm³/mol. The van der Waals surface area contributed by atoms with Gasteiger partial charge in [0, 0.05) is 45.3 Å². The van der Waals surface area contributed by atoms with E-state index in [1.165, 1.54) is 0 Å². The summed E-state index contributed by atoms with van der Waals surface area (Å²) < 4.78 is 0. The van der Waals surface area contributed by atoms with Gasteiger partial charge in [-0.2, -0.15) is 0 Å². The number of nitrogens with one attached hydrogen (secondary N) is 3. The number of hydrazine groups is 1. The summed E-state index contributed by atoms with van der Waals surface area (Å²) >= 11 is 0. The van der Waals surface area contributed by atoms with Crippen LogP contribution in [0.25, 0.3) is 0 Å². The van der Waals surface area contributed by atoms with Gasteiger partial charge in [-0.25, -0.2) is 4.79 Å². The lowest BCUT2D eigenvalue weighted by molar-refractivity contribution is 0.194. The lowest BCUT2D eigenvalue weighted by Gasteiger charge is -2.36. The number of phenols is 1. The molecule has 2 atom stereocenters. The molecular formula is C18H29N5O2. The van der Waals surface area contributed by atoms with Crippen LogP contribution in [0.4, 0.5) is 10.5 Å². The fourth-order valence-electron chi connectivity index (χ4n) is 3.55. The Morgan fingerprint density at radius 1 is 1.28 bits per heavy atom. The topological polar surface area (TPSA) is 79.9 Å². The molecule has 25 heavy (non-hydrogen) atoms. The molecule has 0 aromatic heterocycles. The molecule has 1 aromatic carbocycles. The molecule has 4 N–H and O–H groups in total. The minimum atomic E-state index is 0.0210. The van der Waals surface area contributed by atoms with Crippen molar-refractivity contribution in [1.29, 1.82) is 0 Å². The molecule has 1 aromatic rings. The van der Waals surface area contributed by atoms with E-state index in [9.17, 15) is 9.90 Å². The van der Waals surface area contributed by atoms with E-state index in [0.717, 1.165) is 44.7 Å². The van der Waals surface area contributed by atoms with E-state index in [1.54, 1.807) is 6.07 Å². The van der Waals surface area contributed by atoms with Crippen LogP contribution in [0.2, 0.25) is 0 Å². The number of carbonyl (C=O) groups excluding carboxylic acids is 1. The van der Waals surface area contributed by atoms with E-state index in [4.69, 9.17) is 0 Å². The number of hydrogen-bond acceptors (Lipinski definition) is 5. The maximum atomic E-state index is 12.3. The Bertz CT molecular complexity index is 574. The van der Waals surface area contributed by atoms with Crippen molar-refractivity contribution in [3.05, 3.63) is 24.3 Å². The third-order valence-corrected chi connectivity index (χ3v) is 5.22. The van der Waals surface area contributed by atoms with Crippen molar-refractivity contribution < 1.29 is 9.90 Å². The number of hydrogen-bond donors (Lipinski definition) is 4. The maximum Gasteiger partial charge on any atom is 0.317 e. The van der Waals surface area contributed by atoms with Crippen LogP contribution in [0.15, 0.2) is 24.3 Å². The van der Waals surface area contributed by atoms with Crippen LogP contribution in [0.5, 0.6) is 5.75 Å². The third-order valence-electron chi connectivity index (χ3n) is 5.22. The van der Waals surface area contributed by atoms with Crippen molar-refractivity contribution in [1.82, 2.24) is 21.1 Å². The monoisotopic (exact) mass is 347 g/mol. The zero-order valence-corrected chi connectivity index (χ0v) is 14.9. The predicted octanol–water partition coefficient (Wildman–Crippen LogP) is 1.12. The number of piperazine rings is 1. The largest absolute Gasteiger partial charge is 0.506 e. The molecule has 0 bridgehead atoms. The van der Waals surface area contributed by atoms with Crippen LogP contribution in [0, 0.1) is 5.92 Å². The van der Waals surface area contributed by atoms with Crippen LogP contribution in [0.3, 0.4) is 0 Å². The normalized spacial score (nSPS) is 23.7. The minimum Gasteiger partial charge on any atom is -0.506 e. The van der Waals surface area contributed by atoms with Gasteiger partial charge in [-0.1, -0.05) is 12.1 Å². The molecule has 3 rings (SSSR count). The summed E-state index contributed by atoms with van der Waals surface area (Å²) in [7, 11) is 0. The number of para-hydroxylation sites is 2. The van der Waals surface area contributed by atoms with Gasteiger partial charge in [-0.15, -0.1) is 0 Å². The molecule has 2 unspecified atom stereocenters. The number of nitrogens with zero attached hydrogens (tertiary/aromatic N) is 2. The Kier molecular flexibility index (Phi) is 5.99. The molecule has 0 saturated carbocycles. The van der Waals surface area contributed by atoms with Crippen LogP contribution < -0.4 is 21.1 Å². The minimum absolute atomic E-state index is 0.0210. The van der Waals surface area contributed by atoms with Crippen molar-refractivity contribution in [2.75, 3.05) is 44.2 Å². The number of phenolic OH excluding ortho intramolecular Hbond substituents is 1. The SMILES string of the molecule is CC1NNCC1CCCNC(=O)N1CCN(c2ccccc2O)CC1. The third kappa shape index (κ3) is 4.55. The standard InChI is InChI=1S/C18H29N5O2/c1-14-15(13-20-21-14)5-4-8-19-18(25)23-11-9-22(10-12-23)16-6-2-3-7-17(16)24/h2-3,6-7,14-15,20-21,24H,4-5,8-13H2,1H3,(H,19,25). The van der Waals surface area contributed by atoms with Gasteiger partial charge in [0.1, 0.15) is 5.75 Å². The van der Waals surface area contributed by atoms with Gasteiger partial charge in [0.25, 0.3) is 0 Å².